The summed E-state index contributed by atoms with van der Waals surface area (Å²) in [5.74, 6) is 1.66. The van der Waals surface area contributed by atoms with Crippen molar-refractivity contribution >= 4 is 11.4 Å². The Hall–Kier alpha value is -3.74. The fraction of sp³-hybridized carbons (Fsp3) is 0.367. The summed E-state index contributed by atoms with van der Waals surface area (Å²) < 4.78 is 31.7. The molecule has 0 spiro atoms. The molecule has 0 radical (unpaired) electrons. The van der Waals surface area contributed by atoms with Crippen LogP contribution in [0.4, 0.5) is 4.39 Å². The molecule has 0 saturated heterocycles. The Morgan fingerprint density at radius 1 is 1.03 bits per heavy atom. The van der Waals surface area contributed by atoms with Crippen molar-refractivity contribution in [2.75, 3.05) is 14.2 Å². The molecule has 0 amide bonds. The van der Waals surface area contributed by atoms with Crippen LogP contribution in [-0.2, 0) is 12.8 Å². The number of allylic oxidation sites excluding steroid dienone is 1. The number of Topliss-reactive ketones (excluding diaryl/α,β-unsaturated/α-hetero) is 1. The first-order chi connectivity index (χ1) is 18.0. The van der Waals surface area contributed by atoms with Crippen LogP contribution in [0.3, 0.4) is 0 Å². The second kappa shape index (κ2) is 10.7. The molecule has 2 aliphatic rings. The average molecular weight is 503 g/mol. The zero-order chi connectivity index (χ0) is 25.9. The van der Waals surface area contributed by atoms with Gasteiger partial charge in [0, 0.05) is 30.4 Å². The van der Waals surface area contributed by atoms with E-state index in [0.717, 1.165) is 53.6 Å². The van der Waals surface area contributed by atoms with Crippen LogP contribution in [0, 0.1) is 5.82 Å². The standard InChI is InChI=1S/C30H31FN2O4/c1-4-25(34)19-9-10-20(27(16-19)36-3)17-28-32-24-13-12-22(18-11-14-26(35-2)23(31)15-18)29(24)30(33-28)37-21-7-5-6-8-21/h9-12,14-16,21H,4-8,13,17H2,1-3H3. The van der Waals surface area contributed by atoms with Gasteiger partial charge in [-0.05, 0) is 55.0 Å². The molecule has 1 fully saturated rings. The third kappa shape index (κ3) is 5.08. The molecule has 0 bridgehead atoms. The lowest BCUT2D eigenvalue weighted by Crippen LogP contribution is -2.15. The van der Waals surface area contributed by atoms with Gasteiger partial charge in [-0.15, -0.1) is 0 Å². The maximum atomic E-state index is 14.5. The first kappa shape index (κ1) is 24.9. The van der Waals surface area contributed by atoms with E-state index in [1.807, 2.05) is 25.1 Å². The van der Waals surface area contributed by atoms with E-state index in [1.165, 1.54) is 13.2 Å². The summed E-state index contributed by atoms with van der Waals surface area (Å²) in [5.41, 5.74) is 4.82. The molecule has 5 rings (SSSR count). The molecule has 0 atom stereocenters. The number of fused-ring (bicyclic) bond motifs is 1. The number of ketones is 1. The number of ether oxygens (including phenoxy) is 3. The van der Waals surface area contributed by atoms with Gasteiger partial charge in [0.15, 0.2) is 17.3 Å². The average Bonchev–Trinajstić information content (AvgIpc) is 3.58. The minimum Gasteiger partial charge on any atom is -0.496 e. The lowest BCUT2D eigenvalue weighted by Gasteiger charge is -2.18. The van der Waals surface area contributed by atoms with E-state index in [4.69, 9.17) is 24.2 Å². The molecule has 192 valence electrons. The van der Waals surface area contributed by atoms with Crippen LogP contribution in [0.15, 0.2) is 42.5 Å². The zero-order valence-electron chi connectivity index (χ0n) is 21.5. The molecule has 1 saturated carbocycles. The highest BCUT2D eigenvalue weighted by Crippen LogP contribution is 2.40. The van der Waals surface area contributed by atoms with Gasteiger partial charge in [0.2, 0.25) is 5.88 Å². The molecule has 0 N–H and O–H groups in total. The Morgan fingerprint density at radius 2 is 1.81 bits per heavy atom. The Labute approximate surface area is 216 Å². The highest BCUT2D eigenvalue weighted by Gasteiger charge is 2.28. The third-order valence-electron chi connectivity index (χ3n) is 7.09. The first-order valence-electron chi connectivity index (χ1n) is 12.8. The Morgan fingerprint density at radius 3 is 2.51 bits per heavy atom. The van der Waals surface area contributed by atoms with Crippen LogP contribution in [0.5, 0.6) is 17.4 Å². The molecule has 1 aromatic heterocycles. The number of benzene rings is 2. The molecular formula is C30H31FN2O4. The molecular weight excluding hydrogens is 471 g/mol. The van der Waals surface area contributed by atoms with Crippen molar-refractivity contribution in [3.05, 3.63) is 82.1 Å². The van der Waals surface area contributed by atoms with Gasteiger partial charge in [-0.2, -0.15) is 4.98 Å². The number of aromatic nitrogens is 2. The van der Waals surface area contributed by atoms with Gasteiger partial charge in [-0.25, -0.2) is 9.37 Å². The number of methoxy groups -OCH3 is 2. The number of nitrogens with zero attached hydrogens (tertiary/aromatic N) is 2. The van der Waals surface area contributed by atoms with Crippen LogP contribution in [0.25, 0.3) is 5.57 Å². The fourth-order valence-electron chi connectivity index (χ4n) is 5.12. The summed E-state index contributed by atoms with van der Waals surface area (Å²) in [7, 11) is 3.05. The zero-order valence-corrected chi connectivity index (χ0v) is 21.5. The van der Waals surface area contributed by atoms with Crippen molar-refractivity contribution in [2.24, 2.45) is 0 Å². The monoisotopic (exact) mass is 502 g/mol. The summed E-state index contributed by atoms with van der Waals surface area (Å²) in [5, 5.41) is 0. The molecule has 0 aliphatic heterocycles. The predicted octanol–water partition coefficient (Wildman–Crippen LogP) is 6.13. The van der Waals surface area contributed by atoms with Crippen molar-refractivity contribution in [2.45, 2.75) is 58.0 Å². The van der Waals surface area contributed by atoms with Gasteiger partial charge in [-0.3, -0.25) is 4.79 Å². The fourth-order valence-corrected chi connectivity index (χ4v) is 5.12. The van der Waals surface area contributed by atoms with Crippen LogP contribution in [-0.4, -0.2) is 36.1 Å². The van der Waals surface area contributed by atoms with E-state index < -0.39 is 5.82 Å². The number of carbonyl (C=O) groups is 1. The number of hydrogen-bond acceptors (Lipinski definition) is 6. The van der Waals surface area contributed by atoms with E-state index in [9.17, 15) is 9.18 Å². The number of rotatable bonds is 9. The number of halogens is 1. The second-order valence-electron chi connectivity index (χ2n) is 9.44. The minimum absolute atomic E-state index is 0.0689. The molecule has 37 heavy (non-hydrogen) atoms. The van der Waals surface area contributed by atoms with E-state index in [1.54, 1.807) is 19.2 Å². The molecule has 6 nitrogen and oxygen atoms in total. The van der Waals surface area contributed by atoms with Crippen LogP contribution >= 0.6 is 0 Å². The van der Waals surface area contributed by atoms with Crippen molar-refractivity contribution in [3.8, 4) is 17.4 Å². The summed E-state index contributed by atoms with van der Waals surface area (Å²) in [4.78, 5) is 21.9. The summed E-state index contributed by atoms with van der Waals surface area (Å²) >= 11 is 0. The second-order valence-corrected chi connectivity index (χ2v) is 9.44. The lowest BCUT2D eigenvalue weighted by molar-refractivity contribution is 0.0988. The van der Waals surface area contributed by atoms with Gasteiger partial charge < -0.3 is 14.2 Å². The first-order valence-corrected chi connectivity index (χ1v) is 12.8. The van der Waals surface area contributed by atoms with E-state index in [-0.39, 0.29) is 17.6 Å². The molecule has 2 aromatic carbocycles. The van der Waals surface area contributed by atoms with Gasteiger partial charge in [0.1, 0.15) is 17.7 Å². The number of hydrogen-bond donors (Lipinski definition) is 0. The Kier molecular flexibility index (Phi) is 7.22. The van der Waals surface area contributed by atoms with Crippen molar-refractivity contribution in [1.82, 2.24) is 9.97 Å². The molecule has 3 aromatic rings. The highest BCUT2D eigenvalue weighted by molar-refractivity contribution is 5.96. The lowest BCUT2D eigenvalue weighted by atomic mass is 10.0. The molecule has 2 aliphatic carbocycles. The van der Waals surface area contributed by atoms with Gasteiger partial charge >= 0.3 is 0 Å². The maximum absolute atomic E-state index is 14.5. The minimum atomic E-state index is -0.415. The van der Waals surface area contributed by atoms with Gasteiger partial charge in [0.25, 0.3) is 0 Å². The van der Waals surface area contributed by atoms with E-state index in [0.29, 0.717) is 42.3 Å². The predicted molar refractivity (Wildman–Crippen MR) is 139 cm³/mol. The van der Waals surface area contributed by atoms with Crippen molar-refractivity contribution in [3.63, 3.8) is 0 Å². The largest absolute Gasteiger partial charge is 0.496 e. The maximum Gasteiger partial charge on any atom is 0.225 e. The Balaban J connectivity index is 1.52. The summed E-state index contributed by atoms with van der Waals surface area (Å²) in [6, 6.07) is 10.5. The third-order valence-corrected chi connectivity index (χ3v) is 7.09. The highest BCUT2D eigenvalue weighted by atomic mass is 19.1. The summed E-state index contributed by atoms with van der Waals surface area (Å²) in [6.07, 6.45) is 7.89. The van der Waals surface area contributed by atoms with Crippen LogP contribution in [0.1, 0.15) is 77.6 Å². The normalized spacial score (nSPS) is 14.9. The van der Waals surface area contributed by atoms with Gasteiger partial charge in [-0.1, -0.05) is 31.2 Å². The molecule has 0 unspecified atom stereocenters. The van der Waals surface area contributed by atoms with Crippen molar-refractivity contribution in [1.29, 1.82) is 0 Å². The van der Waals surface area contributed by atoms with Crippen molar-refractivity contribution < 1.29 is 23.4 Å². The van der Waals surface area contributed by atoms with Crippen LogP contribution in [0.2, 0.25) is 0 Å². The molecule has 1 heterocycles. The van der Waals surface area contributed by atoms with Gasteiger partial charge in [0.05, 0.1) is 25.5 Å². The quantitative estimate of drug-likeness (QED) is 0.328. The van der Waals surface area contributed by atoms with E-state index >= 15 is 0 Å². The van der Waals surface area contributed by atoms with E-state index in [2.05, 4.69) is 6.08 Å². The SMILES string of the molecule is CCC(=O)c1ccc(Cc2nc3c(c(OC4CCCC4)n2)C(c2ccc(OC)c(F)c2)=CC3)c(OC)c1. The number of carbonyl (C=O) groups excluding carboxylic acids is 1. The smallest absolute Gasteiger partial charge is 0.225 e. The summed E-state index contributed by atoms with van der Waals surface area (Å²) in [6.45, 7) is 1.84. The topological polar surface area (TPSA) is 70.5 Å². The Bertz CT molecular complexity index is 1360. The van der Waals surface area contributed by atoms with Crippen LogP contribution < -0.4 is 14.2 Å². The molecule has 7 heteroatoms.